The van der Waals surface area contributed by atoms with Crippen LogP contribution in [0.1, 0.15) is 25.3 Å². The van der Waals surface area contributed by atoms with E-state index in [0.29, 0.717) is 12.7 Å². The first-order valence-electron chi connectivity index (χ1n) is 9.47. The monoisotopic (exact) mass is 421 g/mol. The van der Waals surface area contributed by atoms with Gasteiger partial charge in [-0.2, -0.15) is 13.2 Å². The molecular formula is C18H27ClF3N5O. The van der Waals surface area contributed by atoms with Crippen molar-refractivity contribution in [3.05, 3.63) is 22.8 Å². The predicted octanol–water partition coefficient (Wildman–Crippen LogP) is 2.70. The van der Waals surface area contributed by atoms with E-state index >= 15 is 0 Å². The molecule has 0 aliphatic carbocycles. The Morgan fingerprint density at radius 2 is 1.89 bits per heavy atom. The summed E-state index contributed by atoms with van der Waals surface area (Å²) in [5, 5.41) is 5.52. The Morgan fingerprint density at radius 3 is 2.50 bits per heavy atom. The molecule has 0 saturated carbocycles. The molecule has 1 aliphatic heterocycles. The van der Waals surface area contributed by atoms with E-state index in [0.717, 1.165) is 51.8 Å². The van der Waals surface area contributed by atoms with Crippen LogP contribution in [0.4, 0.5) is 19.0 Å². The van der Waals surface area contributed by atoms with Crippen LogP contribution in [-0.4, -0.2) is 73.0 Å². The number of pyridine rings is 1. The van der Waals surface area contributed by atoms with E-state index in [9.17, 15) is 18.0 Å². The number of aromatic nitrogens is 1. The van der Waals surface area contributed by atoms with Crippen molar-refractivity contribution in [3.63, 3.8) is 0 Å². The Labute approximate surface area is 168 Å². The highest BCUT2D eigenvalue weighted by atomic mass is 35.5. The molecule has 0 atom stereocenters. The number of amides is 1. The molecule has 0 radical (unpaired) electrons. The third kappa shape index (κ3) is 7.44. The molecule has 1 saturated heterocycles. The van der Waals surface area contributed by atoms with Gasteiger partial charge in [0.25, 0.3) is 0 Å². The maximum atomic E-state index is 12.6. The Kier molecular flexibility index (Phi) is 8.78. The molecule has 0 bridgehead atoms. The molecule has 1 fully saturated rings. The van der Waals surface area contributed by atoms with Gasteiger partial charge in [-0.05, 0) is 25.6 Å². The van der Waals surface area contributed by atoms with E-state index in [1.54, 1.807) is 0 Å². The smallest absolute Gasteiger partial charge is 0.368 e. The normalized spacial score (nSPS) is 16.2. The summed E-state index contributed by atoms with van der Waals surface area (Å²) in [7, 11) is 0. The number of piperazine rings is 1. The molecule has 10 heteroatoms. The highest BCUT2D eigenvalue weighted by Crippen LogP contribution is 2.32. The molecule has 2 heterocycles. The van der Waals surface area contributed by atoms with E-state index in [2.05, 4.69) is 32.3 Å². The lowest BCUT2D eigenvalue weighted by Crippen LogP contribution is -2.46. The van der Waals surface area contributed by atoms with Crippen LogP contribution in [0.25, 0.3) is 0 Å². The summed E-state index contributed by atoms with van der Waals surface area (Å²) >= 11 is 5.81. The zero-order valence-electron chi connectivity index (χ0n) is 16.0. The Bertz CT molecular complexity index is 636. The van der Waals surface area contributed by atoms with Gasteiger partial charge in [0.05, 0.1) is 10.6 Å². The lowest BCUT2D eigenvalue weighted by atomic mass is 10.2. The second-order valence-electron chi connectivity index (χ2n) is 6.71. The van der Waals surface area contributed by atoms with Gasteiger partial charge in [0.15, 0.2) is 0 Å². The summed E-state index contributed by atoms with van der Waals surface area (Å²) in [6.07, 6.45) is -2.70. The number of anilines is 1. The third-order valence-corrected chi connectivity index (χ3v) is 4.99. The van der Waals surface area contributed by atoms with E-state index in [1.165, 1.54) is 0 Å². The number of hydrogen-bond acceptors (Lipinski definition) is 5. The first-order valence-corrected chi connectivity index (χ1v) is 9.85. The summed E-state index contributed by atoms with van der Waals surface area (Å²) in [5.41, 5.74) is -0.906. The fraction of sp³-hybridized carbons (Fsp3) is 0.667. The zero-order chi connectivity index (χ0) is 20.6. The number of rotatable bonds is 9. The summed E-state index contributed by atoms with van der Waals surface area (Å²) < 4.78 is 37.7. The van der Waals surface area contributed by atoms with Crippen LogP contribution in [0, 0.1) is 0 Å². The van der Waals surface area contributed by atoms with Gasteiger partial charge in [0.1, 0.15) is 5.82 Å². The molecule has 2 rings (SSSR count). The first-order chi connectivity index (χ1) is 13.3. The summed E-state index contributed by atoms with van der Waals surface area (Å²) in [6.45, 7) is 9.37. The first kappa shape index (κ1) is 22.7. The Hall–Kier alpha value is -1.58. The van der Waals surface area contributed by atoms with Gasteiger partial charge in [-0.15, -0.1) is 0 Å². The van der Waals surface area contributed by atoms with Gasteiger partial charge < -0.3 is 20.4 Å². The van der Waals surface area contributed by atoms with E-state index < -0.39 is 11.7 Å². The van der Waals surface area contributed by atoms with E-state index in [1.807, 2.05) is 0 Å². The molecule has 2 N–H and O–H groups in total. The van der Waals surface area contributed by atoms with Crippen LogP contribution in [0.5, 0.6) is 0 Å². The van der Waals surface area contributed by atoms with Gasteiger partial charge >= 0.3 is 6.18 Å². The second kappa shape index (κ2) is 10.8. The number of carbonyl (C=O) groups excluding carboxylic acids is 1. The van der Waals surface area contributed by atoms with Crippen LogP contribution in [0.2, 0.25) is 5.02 Å². The standard InChI is InChI=1S/C18H27ClF3N5O/c1-2-26-8-10-27(11-9-26)7-3-5-23-16(28)4-6-24-17-15(19)12-14(13-25-17)18(20,21)22/h12-13H,2-11H2,1H3,(H,23,28)(H,24,25). The molecule has 0 aromatic carbocycles. The maximum absolute atomic E-state index is 12.6. The molecule has 28 heavy (non-hydrogen) atoms. The fourth-order valence-electron chi connectivity index (χ4n) is 2.97. The SMILES string of the molecule is CCN1CCN(CCCNC(=O)CCNc2ncc(C(F)(F)F)cc2Cl)CC1. The lowest BCUT2D eigenvalue weighted by Gasteiger charge is -2.33. The van der Waals surface area contributed by atoms with E-state index in [-0.39, 0.29) is 29.7 Å². The van der Waals surface area contributed by atoms with Crippen molar-refractivity contribution in [2.45, 2.75) is 25.9 Å². The van der Waals surface area contributed by atoms with Crippen LogP contribution in [-0.2, 0) is 11.0 Å². The summed E-state index contributed by atoms with van der Waals surface area (Å²) in [4.78, 5) is 20.4. The fourth-order valence-corrected chi connectivity index (χ4v) is 3.20. The quantitative estimate of drug-likeness (QED) is 0.600. The van der Waals surface area contributed by atoms with Crippen molar-refractivity contribution < 1.29 is 18.0 Å². The molecule has 0 unspecified atom stereocenters. The molecule has 0 spiro atoms. The highest BCUT2D eigenvalue weighted by Gasteiger charge is 2.31. The van der Waals surface area contributed by atoms with Crippen molar-refractivity contribution in [3.8, 4) is 0 Å². The molecule has 158 valence electrons. The molecule has 1 aromatic rings. The van der Waals surface area contributed by atoms with Gasteiger partial charge in [-0.3, -0.25) is 4.79 Å². The topological polar surface area (TPSA) is 60.5 Å². The Balaban J connectivity index is 1.59. The number of carbonyl (C=O) groups is 1. The van der Waals surface area contributed by atoms with Crippen LogP contribution >= 0.6 is 11.6 Å². The molecule has 1 aliphatic rings. The minimum Gasteiger partial charge on any atom is -0.368 e. The number of hydrogen-bond donors (Lipinski definition) is 2. The number of nitrogens with one attached hydrogen (secondary N) is 2. The van der Waals surface area contributed by atoms with Gasteiger partial charge in [0.2, 0.25) is 5.91 Å². The lowest BCUT2D eigenvalue weighted by molar-refractivity contribution is -0.137. The zero-order valence-corrected chi connectivity index (χ0v) is 16.7. The van der Waals surface area contributed by atoms with Gasteiger partial charge in [-0.1, -0.05) is 18.5 Å². The third-order valence-electron chi connectivity index (χ3n) is 4.70. The maximum Gasteiger partial charge on any atom is 0.417 e. The number of halogens is 4. The van der Waals surface area contributed by atoms with Crippen molar-refractivity contribution >= 4 is 23.3 Å². The van der Waals surface area contributed by atoms with Crippen LogP contribution in [0.3, 0.4) is 0 Å². The number of nitrogens with zero attached hydrogens (tertiary/aromatic N) is 3. The molecule has 1 aromatic heterocycles. The van der Waals surface area contributed by atoms with Crippen molar-refractivity contribution in [2.75, 3.05) is 57.7 Å². The van der Waals surface area contributed by atoms with Crippen LogP contribution < -0.4 is 10.6 Å². The minimum atomic E-state index is -4.49. The molecule has 1 amide bonds. The minimum absolute atomic E-state index is 0.119. The van der Waals surface area contributed by atoms with Crippen molar-refractivity contribution in [2.24, 2.45) is 0 Å². The van der Waals surface area contributed by atoms with Crippen molar-refractivity contribution in [1.82, 2.24) is 20.1 Å². The largest absolute Gasteiger partial charge is 0.417 e. The molecule has 6 nitrogen and oxygen atoms in total. The number of likely N-dealkylation sites (N-methyl/N-ethyl adjacent to an activating group) is 1. The highest BCUT2D eigenvalue weighted by molar-refractivity contribution is 6.32. The predicted molar refractivity (Wildman–Crippen MR) is 104 cm³/mol. The Morgan fingerprint density at radius 1 is 1.21 bits per heavy atom. The van der Waals surface area contributed by atoms with Crippen LogP contribution in [0.15, 0.2) is 12.3 Å². The average Bonchev–Trinajstić information content (AvgIpc) is 2.66. The molecular weight excluding hydrogens is 395 g/mol. The van der Waals surface area contributed by atoms with Crippen molar-refractivity contribution in [1.29, 1.82) is 0 Å². The van der Waals surface area contributed by atoms with Gasteiger partial charge in [-0.25, -0.2) is 4.98 Å². The summed E-state index contributed by atoms with van der Waals surface area (Å²) in [5.74, 6) is 0.0139. The van der Waals surface area contributed by atoms with Gasteiger partial charge in [0, 0.05) is 51.9 Å². The average molecular weight is 422 g/mol. The van der Waals surface area contributed by atoms with E-state index in [4.69, 9.17) is 11.6 Å². The second-order valence-corrected chi connectivity index (χ2v) is 7.12. The summed E-state index contributed by atoms with van der Waals surface area (Å²) in [6, 6.07) is 0.817. The number of alkyl halides is 3.